The van der Waals surface area contributed by atoms with E-state index in [0.29, 0.717) is 11.9 Å². The maximum absolute atomic E-state index is 5.75. The minimum atomic E-state index is -0.122. The average Bonchev–Trinajstić information content (AvgIpc) is 2.42. The lowest BCUT2D eigenvalue weighted by Crippen LogP contribution is -2.25. The molecule has 3 N–H and O–H groups in total. The van der Waals surface area contributed by atoms with E-state index in [-0.39, 0.29) is 5.54 Å². The highest BCUT2D eigenvalue weighted by atomic mass is 15.4. The molecule has 0 saturated carbocycles. The van der Waals surface area contributed by atoms with E-state index in [1.807, 2.05) is 20.8 Å². The SMILES string of the molecule is CCCNc1nc(N)n(C(C)(C)C)n1. The standard InChI is InChI=1S/C9H19N5/c1-5-6-11-8-12-7(10)14(13-8)9(2,3)4/h5-6H2,1-4H3,(H3,10,11,12,13). The molecule has 0 aromatic carbocycles. The van der Waals surface area contributed by atoms with Crippen molar-refractivity contribution in [3.63, 3.8) is 0 Å². The van der Waals surface area contributed by atoms with E-state index in [4.69, 9.17) is 5.73 Å². The average molecular weight is 197 g/mol. The number of anilines is 2. The van der Waals surface area contributed by atoms with Crippen molar-refractivity contribution in [1.29, 1.82) is 0 Å². The normalized spacial score (nSPS) is 11.7. The van der Waals surface area contributed by atoms with Gasteiger partial charge in [0.05, 0.1) is 5.54 Å². The van der Waals surface area contributed by atoms with E-state index in [0.717, 1.165) is 13.0 Å². The molecule has 0 aliphatic carbocycles. The number of nitrogen functional groups attached to an aromatic ring is 1. The van der Waals surface area contributed by atoms with Gasteiger partial charge >= 0.3 is 0 Å². The van der Waals surface area contributed by atoms with E-state index in [9.17, 15) is 0 Å². The predicted molar refractivity (Wildman–Crippen MR) is 58.2 cm³/mol. The van der Waals surface area contributed by atoms with E-state index in [1.54, 1.807) is 4.68 Å². The maximum atomic E-state index is 5.75. The Morgan fingerprint density at radius 2 is 2.07 bits per heavy atom. The molecule has 0 bridgehead atoms. The number of rotatable bonds is 3. The third kappa shape index (κ3) is 2.37. The van der Waals surface area contributed by atoms with Crippen LogP contribution in [0.2, 0.25) is 0 Å². The molecule has 0 radical (unpaired) electrons. The summed E-state index contributed by atoms with van der Waals surface area (Å²) >= 11 is 0. The van der Waals surface area contributed by atoms with Crippen LogP contribution in [0.3, 0.4) is 0 Å². The molecule has 0 unspecified atom stereocenters. The van der Waals surface area contributed by atoms with Crippen molar-refractivity contribution in [2.75, 3.05) is 17.6 Å². The van der Waals surface area contributed by atoms with Gasteiger partial charge in [0, 0.05) is 6.54 Å². The largest absolute Gasteiger partial charge is 0.368 e. The van der Waals surface area contributed by atoms with Gasteiger partial charge in [-0.05, 0) is 27.2 Å². The van der Waals surface area contributed by atoms with Gasteiger partial charge in [0.15, 0.2) is 0 Å². The summed E-state index contributed by atoms with van der Waals surface area (Å²) in [6.45, 7) is 9.09. The Kier molecular flexibility index (Phi) is 2.98. The fourth-order valence-electron chi connectivity index (χ4n) is 1.13. The molecule has 80 valence electrons. The van der Waals surface area contributed by atoms with Crippen molar-refractivity contribution in [3.8, 4) is 0 Å². The third-order valence-electron chi connectivity index (χ3n) is 1.80. The minimum Gasteiger partial charge on any atom is -0.368 e. The lowest BCUT2D eigenvalue weighted by Gasteiger charge is -2.19. The summed E-state index contributed by atoms with van der Waals surface area (Å²) in [7, 11) is 0. The Bertz CT molecular complexity index is 297. The van der Waals surface area contributed by atoms with Crippen LogP contribution in [-0.4, -0.2) is 21.3 Å². The molecule has 5 nitrogen and oxygen atoms in total. The second kappa shape index (κ2) is 3.86. The number of nitrogens with zero attached hydrogens (tertiary/aromatic N) is 3. The fourth-order valence-corrected chi connectivity index (χ4v) is 1.13. The summed E-state index contributed by atoms with van der Waals surface area (Å²) in [4.78, 5) is 4.13. The summed E-state index contributed by atoms with van der Waals surface area (Å²) in [5.74, 6) is 1.07. The zero-order chi connectivity index (χ0) is 10.8. The molecule has 0 amide bonds. The summed E-state index contributed by atoms with van der Waals surface area (Å²) in [6.07, 6.45) is 1.05. The molecule has 14 heavy (non-hydrogen) atoms. The van der Waals surface area contributed by atoms with Gasteiger partial charge in [-0.1, -0.05) is 6.92 Å². The number of hydrogen-bond acceptors (Lipinski definition) is 4. The molecule has 0 saturated heterocycles. The van der Waals surface area contributed by atoms with Crippen LogP contribution in [0, 0.1) is 0 Å². The molecular formula is C9H19N5. The topological polar surface area (TPSA) is 68.8 Å². The van der Waals surface area contributed by atoms with Crippen molar-refractivity contribution in [2.24, 2.45) is 0 Å². The first-order valence-electron chi connectivity index (χ1n) is 4.92. The zero-order valence-corrected chi connectivity index (χ0v) is 9.33. The van der Waals surface area contributed by atoms with Crippen LogP contribution in [0.5, 0.6) is 0 Å². The van der Waals surface area contributed by atoms with Crippen molar-refractivity contribution in [3.05, 3.63) is 0 Å². The molecule has 5 heteroatoms. The van der Waals surface area contributed by atoms with Crippen LogP contribution in [0.4, 0.5) is 11.9 Å². The van der Waals surface area contributed by atoms with Gasteiger partial charge in [-0.3, -0.25) is 0 Å². The van der Waals surface area contributed by atoms with Crippen LogP contribution < -0.4 is 11.1 Å². The highest BCUT2D eigenvalue weighted by Gasteiger charge is 2.18. The smallest absolute Gasteiger partial charge is 0.243 e. The summed E-state index contributed by atoms with van der Waals surface area (Å²) < 4.78 is 1.73. The van der Waals surface area contributed by atoms with Crippen LogP contribution in [0.15, 0.2) is 0 Å². The molecule has 0 aliphatic heterocycles. The Morgan fingerprint density at radius 3 is 2.50 bits per heavy atom. The molecule has 1 aromatic rings. The molecule has 1 rings (SSSR count). The fraction of sp³-hybridized carbons (Fsp3) is 0.778. The van der Waals surface area contributed by atoms with Gasteiger partial charge in [-0.15, -0.1) is 5.10 Å². The van der Waals surface area contributed by atoms with E-state index >= 15 is 0 Å². The second-order valence-electron chi connectivity index (χ2n) is 4.30. The molecule has 0 atom stereocenters. The molecule has 0 fully saturated rings. The third-order valence-corrected chi connectivity index (χ3v) is 1.80. The number of hydrogen-bond donors (Lipinski definition) is 2. The van der Waals surface area contributed by atoms with Gasteiger partial charge in [-0.2, -0.15) is 4.98 Å². The summed E-state index contributed by atoms with van der Waals surface area (Å²) in [5.41, 5.74) is 5.63. The van der Waals surface area contributed by atoms with Gasteiger partial charge in [-0.25, -0.2) is 4.68 Å². The van der Waals surface area contributed by atoms with Crippen LogP contribution in [0.1, 0.15) is 34.1 Å². The van der Waals surface area contributed by atoms with E-state index < -0.39 is 0 Å². The van der Waals surface area contributed by atoms with Gasteiger partial charge in [0.2, 0.25) is 11.9 Å². The number of nitrogens with one attached hydrogen (secondary N) is 1. The molecule has 0 spiro atoms. The van der Waals surface area contributed by atoms with E-state index in [2.05, 4.69) is 22.3 Å². The summed E-state index contributed by atoms with van der Waals surface area (Å²) in [5, 5.41) is 7.39. The molecular weight excluding hydrogens is 178 g/mol. The number of nitrogens with two attached hydrogens (primary N) is 1. The van der Waals surface area contributed by atoms with Gasteiger partial charge in [0.25, 0.3) is 0 Å². The first-order chi connectivity index (χ1) is 6.45. The summed E-state index contributed by atoms with van der Waals surface area (Å²) in [6, 6.07) is 0. The van der Waals surface area contributed by atoms with E-state index in [1.165, 1.54) is 0 Å². The highest BCUT2D eigenvalue weighted by molar-refractivity contribution is 5.32. The Balaban J connectivity index is 2.83. The Hall–Kier alpha value is -1.26. The monoisotopic (exact) mass is 197 g/mol. The minimum absolute atomic E-state index is 0.122. The zero-order valence-electron chi connectivity index (χ0n) is 9.33. The lowest BCUT2D eigenvalue weighted by molar-refractivity contribution is 0.361. The quantitative estimate of drug-likeness (QED) is 0.769. The number of aromatic nitrogens is 3. The molecule has 0 aliphatic rings. The van der Waals surface area contributed by atoms with Crippen molar-refractivity contribution in [1.82, 2.24) is 14.8 Å². The van der Waals surface area contributed by atoms with Crippen LogP contribution >= 0.6 is 0 Å². The van der Waals surface area contributed by atoms with Gasteiger partial charge < -0.3 is 11.1 Å². The second-order valence-corrected chi connectivity index (χ2v) is 4.30. The molecule has 1 heterocycles. The highest BCUT2D eigenvalue weighted by Crippen LogP contribution is 2.17. The van der Waals surface area contributed by atoms with Gasteiger partial charge in [0.1, 0.15) is 0 Å². The Morgan fingerprint density at radius 1 is 1.43 bits per heavy atom. The van der Waals surface area contributed by atoms with Crippen molar-refractivity contribution < 1.29 is 0 Å². The first kappa shape index (κ1) is 10.8. The van der Waals surface area contributed by atoms with Crippen LogP contribution in [0.25, 0.3) is 0 Å². The predicted octanol–water partition coefficient (Wildman–Crippen LogP) is 1.44. The Labute approximate surface area is 84.7 Å². The lowest BCUT2D eigenvalue weighted by atomic mass is 10.1. The first-order valence-corrected chi connectivity index (χ1v) is 4.92. The molecule has 1 aromatic heterocycles. The maximum Gasteiger partial charge on any atom is 0.243 e. The van der Waals surface area contributed by atoms with Crippen molar-refractivity contribution >= 4 is 11.9 Å². The van der Waals surface area contributed by atoms with Crippen molar-refractivity contribution in [2.45, 2.75) is 39.7 Å². The van der Waals surface area contributed by atoms with Crippen LogP contribution in [-0.2, 0) is 5.54 Å².